The third kappa shape index (κ3) is 1.86. The van der Waals surface area contributed by atoms with Crippen LogP contribution in [0.4, 0.5) is 0 Å². The molecule has 3 rings (SSSR count). The summed E-state index contributed by atoms with van der Waals surface area (Å²) in [5.74, 6) is -1.74. The predicted octanol–water partition coefficient (Wildman–Crippen LogP) is 0.124. The molecule has 2 fully saturated rings. The lowest BCUT2D eigenvalue weighted by Crippen LogP contribution is -2.37. The fourth-order valence-electron chi connectivity index (χ4n) is 2.99. The third-order valence-corrected chi connectivity index (χ3v) is 4.03. The Labute approximate surface area is 116 Å². The first-order chi connectivity index (χ1) is 9.50. The van der Waals surface area contributed by atoms with Crippen LogP contribution in [-0.2, 0) is 23.9 Å². The van der Waals surface area contributed by atoms with Gasteiger partial charge in [0.25, 0.3) is 0 Å². The van der Waals surface area contributed by atoms with Gasteiger partial charge in [-0.3, -0.25) is 19.3 Å². The van der Waals surface area contributed by atoms with Crippen molar-refractivity contribution in [2.24, 2.45) is 17.8 Å². The molecular weight excluding hydrogens is 262 g/mol. The number of esters is 1. The maximum Gasteiger partial charge on any atom is 0.308 e. The molecule has 2 saturated heterocycles. The molecule has 3 aliphatic rings. The molecular formula is C14H17NO5. The van der Waals surface area contributed by atoms with E-state index in [2.05, 4.69) is 0 Å². The molecule has 0 aromatic rings. The Bertz CT molecular complexity index is 468. The van der Waals surface area contributed by atoms with E-state index >= 15 is 0 Å². The second kappa shape index (κ2) is 4.70. The highest BCUT2D eigenvalue weighted by Gasteiger charge is 2.60. The van der Waals surface area contributed by atoms with Crippen molar-refractivity contribution in [3.63, 3.8) is 0 Å². The molecule has 20 heavy (non-hydrogen) atoms. The van der Waals surface area contributed by atoms with Crippen LogP contribution >= 0.6 is 0 Å². The van der Waals surface area contributed by atoms with E-state index in [1.165, 1.54) is 4.90 Å². The van der Waals surface area contributed by atoms with E-state index in [0.29, 0.717) is 0 Å². The normalized spacial score (nSPS) is 34.2. The van der Waals surface area contributed by atoms with Gasteiger partial charge in [-0.15, -0.1) is 0 Å². The van der Waals surface area contributed by atoms with Crippen molar-refractivity contribution in [1.29, 1.82) is 0 Å². The molecule has 6 nitrogen and oxygen atoms in total. The number of carbonyl (C=O) groups excluding carboxylic acids is 3. The van der Waals surface area contributed by atoms with E-state index in [0.717, 1.165) is 0 Å². The van der Waals surface area contributed by atoms with E-state index in [-0.39, 0.29) is 49.1 Å². The van der Waals surface area contributed by atoms with E-state index < -0.39 is 11.8 Å². The van der Waals surface area contributed by atoms with Gasteiger partial charge in [0.05, 0.1) is 36.5 Å². The minimum absolute atomic E-state index is 0.0531. The van der Waals surface area contributed by atoms with E-state index in [1.54, 1.807) is 13.8 Å². The van der Waals surface area contributed by atoms with Crippen molar-refractivity contribution in [3.8, 4) is 0 Å². The summed E-state index contributed by atoms with van der Waals surface area (Å²) >= 11 is 0. The van der Waals surface area contributed by atoms with Crippen LogP contribution in [0, 0.1) is 17.8 Å². The zero-order valence-electron chi connectivity index (χ0n) is 11.4. The lowest BCUT2D eigenvalue weighted by atomic mass is 9.85. The van der Waals surface area contributed by atoms with Crippen LogP contribution in [0.1, 0.15) is 13.8 Å². The number of ether oxygens (including phenoxy) is 2. The molecule has 0 saturated carbocycles. The van der Waals surface area contributed by atoms with Gasteiger partial charge in [-0.05, 0) is 0 Å². The number of hydrogen-bond acceptors (Lipinski definition) is 5. The SMILES string of the molecule is CC(C)C(=O)OCCN1C(=O)C2C3C=CC(O3)C2C1=O. The Hall–Kier alpha value is -1.69. The van der Waals surface area contributed by atoms with Gasteiger partial charge >= 0.3 is 5.97 Å². The Morgan fingerprint density at radius 3 is 2.30 bits per heavy atom. The number of rotatable bonds is 4. The Morgan fingerprint density at radius 1 is 1.25 bits per heavy atom. The smallest absolute Gasteiger partial charge is 0.308 e. The van der Waals surface area contributed by atoms with Crippen LogP contribution in [0.3, 0.4) is 0 Å². The average molecular weight is 279 g/mol. The fraction of sp³-hybridized carbons (Fsp3) is 0.643. The van der Waals surface area contributed by atoms with Crippen molar-refractivity contribution >= 4 is 17.8 Å². The van der Waals surface area contributed by atoms with E-state index in [9.17, 15) is 14.4 Å². The van der Waals surface area contributed by atoms with Crippen molar-refractivity contribution in [1.82, 2.24) is 4.90 Å². The van der Waals surface area contributed by atoms with Gasteiger partial charge in [-0.2, -0.15) is 0 Å². The van der Waals surface area contributed by atoms with Gasteiger partial charge < -0.3 is 9.47 Å². The highest BCUT2D eigenvalue weighted by molar-refractivity contribution is 6.06. The minimum Gasteiger partial charge on any atom is -0.464 e. The zero-order valence-corrected chi connectivity index (χ0v) is 11.4. The Balaban J connectivity index is 1.61. The molecule has 0 aromatic carbocycles. The maximum atomic E-state index is 12.2. The molecule has 2 amide bonds. The fourth-order valence-corrected chi connectivity index (χ4v) is 2.99. The standard InChI is InChI=1S/C14H17NO5/c1-7(2)14(18)19-6-5-15-12(16)10-8-3-4-9(20-8)11(10)13(15)17/h3-4,7-11H,5-6H2,1-2H3. The highest BCUT2D eigenvalue weighted by Crippen LogP contribution is 2.44. The van der Waals surface area contributed by atoms with Crippen LogP contribution in [0.15, 0.2) is 12.2 Å². The molecule has 3 heterocycles. The van der Waals surface area contributed by atoms with Crippen LogP contribution in [-0.4, -0.2) is 48.0 Å². The molecule has 4 unspecified atom stereocenters. The summed E-state index contributed by atoms with van der Waals surface area (Å²) in [4.78, 5) is 37.1. The summed E-state index contributed by atoms with van der Waals surface area (Å²) in [7, 11) is 0. The summed E-state index contributed by atoms with van der Waals surface area (Å²) in [6.07, 6.45) is 3.15. The molecule has 4 atom stereocenters. The Morgan fingerprint density at radius 2 is 1.80 bits per heavy atom. The monoisotopic (exact) mass is 279 g/mol. The maximum absolute atomic E-state index is 12.2. The van der Waals surface area contributed by atoms with Crippen molar-refractivity contribution in [2.75, 3.05) is 13.2 Å². The van der Waals surface area contributed by atoms with Gasteiger partial charge in [-0.25, -0.2) is 0 Å². The minimum atomic E-state index is -0.390. The summed E-state index contributed by atoms with van der Waals surface area (Å²) in [6, 6.07) is 0. The van der Waals surface area contributed by atoms with Crippen LogP contribution in [0.5, 0.6) is 0 Å². The summed E-state index contributed by atoms with van der Waals surface area (Å²) < 4.78 is 10.6. The van der Waals surface area contributed by atoms with Gasteiger partial charge in [-0.1, -0.05) is 26.0 Å². The summed E-state index contributed by atoms with van der Waals surface area (Å²) in [5.41, 5.74) is 0. The third-order valence-electron chi connectivity index (χ3n) is 4.03. The Kier molecular flexibility index (Phi) is 3.12. The molecule has 0 aromatic heterocycles. The summed E-state index contributed by atoms with van der Waals surface area (Å²) in [6.45, 7) is 3.65. The second-order valence-electron chi connectivity index (χ2n) is 5.65. The first-order valence-electron chi connectivity index (χ1n) is 6.86. The highest BCUT2D eigenvalue weighted by atomic mass is 16.5. The zero-order chi connectivity index (χ0) is 14.4. The van der Waals surface area contributed by atoms with Gasteiger partial charge in [0, 0.05) is 0 Å². The number of carbonyl (C=O) groups is 3. The van der Waals surface area contributed by atoms with Crippen molar-refractivity contribution in [3.05, 3.63) is 12.2 Å². The number of amides is 2. The average Bonchev–Trinajstić information content (AvgIpc) is 3.07. The summed E-state index contributed by atoms with van der Waals surface area (Å²) in [5, 5.41) is 0. The van der Waals surface area contributed by atoms with Gasteiger partial charge in [0.15, 0.2) is 0 Å². The van der Waals surface area contributed by atoms with Gasteiger partial charge in [0.2, 0.25) is 11.8 Å². The molecule has 0 aliphatic carbocycles. The van der Waals surface area contributed by atoms with Crippen molar-refractivity contribution in [2.45, 2.75) is 26.1 Å². The lowest BCUT2D eigenvalue weighted by Gasteiger charge is -2.17. The largest absolute Gasteiger partial charge is 0.464 e. The number of imide groups is 1. The molecule has 6 heteroatoms. The van der Waals surface area contributed by atoms with Crippen LogP contribution in [0.25, 0.3) is 0 Å². The molecule has 0 radical (unpaired) electrons. The number of hydrogen-bond donors (Lipinski definition) is 0. The topological polar surface area (TPSA) is 72.9 Å². The molecule has 0 spiro atoms. The predicted molar refractivity (Wildman–Crippen MR) is 67.3 cm³/mol. The van der Waals surface area contributed by atoms with Gasteiger partial charge in [0.1, 0.15) is 6.61 Å². The molecule has 0 N–H and O–H groups in total. The van der Waals surface area contributed by atoms with E-state index in [1.807, 2.05) is 12.2 Å². The first kappa shape index (κ1) is 13.3. The molecule has 108 valence electrons. The number of likely N-dealkylation sites (tertiary alicyclic amines) is 1. The van der Waals surface area contributed by atoms with Crippen LogP contribution < -0.4 is 0 Å². The second-order valence-corrected chi connectivity index (χ2v) is 5.65. The van der Waals surface area contributed by atoms with E-state index in [4.69, 9.17) is 9.47 Å². The molecule has 3 aliphatic heterocycles. The first-order valence-corrected chi connectivity index (χ1v) is 6.86. The van der Waals surface area contributed by atoms with Crippen molar-refractivity contribution < 1.29 is 23.9 Å². The quantitative estimate of drug-likeness (QED) is 0.415. The number of nitrogens with zero attached hydrogens (tertiary/aromatic N) is 1. The number of fused-ring (bicyclic) bond motifs is 5. The molecule has 2 bridgehead atoms. The van der Waals surface area contributed by atoms with Crippen LogP contribution in [0.2, 0.25) is 0 Å². The lowest BCUT2D eigenvalue weighted by molar-refractivity contribution is -0.151.